The number of hydrogen-bond donors (Lipinski definition) is 1. The van der Waals surface area contributed by atoms with Crippen LogP contribution in [0.3, 0.4) is 0 Å². The summed E-state index contributed by atoms with van der Waals surface area (Å²) in [7, 11) is -2.19. The molecule has 2 aromatic carbocycles. The second-order valence-corrected chi connectivity index (χ2v) is 6.78. The van der Waals surface area contributed by atoms with Crippen LogP contribution in [0.2, 0.25) is 0 Å². The first kappa shape index (κ1) is 18.3. The molecule has 0 saturated carbocycles. The van der Waals surface area contributed by atoms with Gasteiger partial charge >= 0.3 is 6.18 Å². The third-order valence-corrected chi connectivity index (χ3v) is 4.83. The highest BCUT2D eigenvalue weighted by Crippen LogP contribution is 2.29. The molecule has 0 amide bonds. The van der Waals surface area contributed by atoms with E-state index in [1.807, 2.05) is 0 Å². The predicted octanol–water partition coefficient (Wildman–Crippen LogP) is 3.24. The van der Waals surface area contributed by atoms with Gasteiger partial charge in [0, 0.05) is 6.54 Å². The maximum Gasteiger partial charge on any atom is 0.416 e. The van der Waals surface area contributed by atoms with E-state index in [4.69, 9.17) is 4.74 Å². The molecule has 0 unspecified atom stereocenters. The molecular weight excluding hydrogens is 343 g/mol. The van der Waals surface area contributed by atoms with Crippen molar-refractivity contribution >= 4 is 10.0 Å². The lowest BCUT2D eigenvalue weighted by molar-refractivity contribution is -0.137. The zero-order valence-corrected chi connectivity index (χ0v) is 13.6. The molecule has 0 aliphatic heterocycles. The number of ether oxygens (including phenoxy) is 1. The second kappa shape index (κ2) is 7.23. The van der Waals surface area contributed by atoms with Crippen molar-refractivity contribution in [3.8, 4) is 5.75 Å². The molecule has 0 aliphatic carbocycles. The number of nitrogens with one attached hydrogen (secondary N) is 1. The number of benzene rings is 2. The van der Waals surface area contributed by atoms with E-state index in [9.17, 15) is 21.6 Å². The monoisotopic (exact) mass is 359 g/mol. The van der Waals surface area contributed by atoms with E-state index in [2.05, 4.69) is 4.72 Å². The number of rotatable bonds is 6. The standard InChI is InChI=1S/C16H16F3NO3S/c1-23-14-6-8-15(9-7-14)24(21,22)20-11-10-12-2-4-13(5-3-12)16(17,18)19/h2-9,20H,10-11H2,1H3. The summed E-state index contributed by atoms with van der Waals surface area (Å²) in [5, 5.41) is 0. The van der Waals surface area contributed by atoms with Crippen LogP contribution in [0.15, 0.2) is 53.4 Å². The minimum atomic E-state index is -4.38. The van der Waals surface area contributed by atoms with E-state index in [0.717, 1.165) is 12.1 Å². The Labute approximate surface area is 138 Å². The van der Waals surface area contributed by atoms with Crippen molar-refractivity contribution in [1.29, 1.82) is 0 Å². The van der Waals surface area contributed by atoms with Gasteiger partial charge in [0.1, 0.15) is 5.75 Å². The van der Waals surface area contributed by atoms with Crippen LogP contribution in [0.5, 0.6) is 5.75 Å². The Morgan fingerprint density at radius 3 is 2.08 bits per heavy atom. The van der Waals surface area contributed by atoms with E-state index < -0.39 is 21.8 Å². The molecule has 130 valence electrons. The lowest BCUT2D eigenvalue weighted by atomic mass is 10.1. The minimum Gasteiger partial charge on any atom is -0.497 e. The van der Waals surface area contributed by atoms with Gasteiger partial charge in [-0.25, -0.2) is 13.1 Å². The van der Waals surface area contributed by atoms with Crippen LogP contribution < -0.4 is 9.46 Å². The summed E-state index contributed by atoms with van der Waals surface area (Å²) >= 11 is 0. The highest BCUT2D eigenvalue weighted by atomic mass is 32.2. The van der Waals surface area contributed by atoms with Gasteiger partial charge in [-0.05, 0) is 48.4 Å². The molecule has 2 aromatic rings. The van der Waals surface area contributed by atoms with Gasteiger partial charge in [0.05, 0.1) is 17.6 Å². The van der Waals surface area contributed by atoms with Crippen molar-refractivity contribution in [3.63, 3.8) is 0 Å². The second-order valence-electron chi connectivity index (χ2n) is 5.02. The van der Waals surface area contributed by atoms with Crippen LogP contribution in [-0.4, -0.2) is 22.1 Å². The molecule has 0 radical (unpaired) electrons. The molecule has 0 heterocycles. The van der Waals surface area contributed by atoms with E-state index >= 15 is 0 Å². The molecule has 1 N–H and O–H groups in total. The van der Waals surface area contributed by atoms with Gasteiger partial charge in [-0.3, -0.25) is 0 Å². The number of methoxy groups -OCH3 is 1. The molecule has 0 aliphatic rings. The smallest absolute Gasteiger partial charge is 0.416 e. The van der Waals surface area contributed by atoms with Crippen molar-refractivity contribution in [3.05, 3.63) is 59.7 Å². The number of sulfonamides is 1. The molecule has 0 aromatic heterocycles. The quantitative estimate of drug-likeness (QED) is 0.862. The van der Waals surface area contributed by atoms with E-state index in [1.54, 1.807) is 0 Å². The number of halogens is 3. The van der Waals surface area contributed by atoms with E-state index in [1.165, 1.54) is 43.5 Å². The molecule has 0 bridgehead atoms. The van der Waals surface area contributed by atoms with Gasteiger partial charge in [-0.1, -0.05) is 12.1 Å². The number of alkyl halides is 3. The first-order valence-electron chi connectivity index (χ1n) is 7.02. The summed E-state index contributed by atoms with van der Waals surface area (Å²) in [6, 6.07) is 10.5. The van der Waals surface area contributed by atoms with Gasteiger partial charge in [0.15, 0.2) is 0 Å². The topological polar surface area (TPSA) is 55.4 Å². The Hall–Kier alpha value is -2.06. The third kappa shape index (κ3) is 4.72. The summed E-state index contributed by atoms with van der Waals surface area (Å²) in [4.78, 5) is 0.0933. The lowest BCUT2D eigenvalue weighted by Crippen LogP contribution is -2.26. The molecule has 2 rings (SSSR count). The van der Waals surface area contributed by atoms with Crippen molar-refractivity contribution in [2.75, 3.05) is 13.7 Å². The van der Waals surface area contributed by atoms with Crippen LogP contribution in [0.25, 0.3) is 0 Å². The summed E-state index contributed by atoms with van der Waals surface area (Å²) < 4.78 is 69.0. The lowest BCUT2D eigenvalue weighted by Gasteiger charge is -2.09. The summed E-state index contributed by atoms with van der Waals surface area (Å²) in [6.07, 6.45) is -4.10. The predicted molar refractivity (Wildman–Crippen MR) is 83.3 cm³/mol. The molecule has 0 spiro atoms. The molecule has 24 heavy (non-hydrogen) atoms. The van der Waals surface area contributed by atoms with Gasteiger partial charge in [0.2, 0.25) is 10.0 Å². The normalized spacial score (nSPS) is 12.2. The summed E-state index contributed by atoms with van der Waals surface area (Å²) in [5.74, 6) is 0.540. The Morgan fingerprint density at radius 1 is 1.00 bits per heavy atom. The van der Waals surface area contributed by atoms with Crippen molar-refractivity contribution in [1.82, 2.24) is 4.72 Å². The van der Waals surface area contributed by atoms with E-state index in [0.29, 0.717) is 11.3 Å². The maximum absolute atomic E-state index is 12.5. The van der Waals surface area contributed by atoms with E-state index in [-0.39, 0.29) is 17.9 Å². The van der Waals surface area contributed by atoms with Gasteiger partial charge in [-0.2, -0.15) is 13.2 Å². The zero-order chi connectivity index (χ0) is 17.8. The van der Waals surface area contributed by atoms with Crippen LogP contribution in [0.4, 0.5) is 13.2 Å². The Bertz CT molecular complexity index is 770. The van der Waals surface area contributed by atoms with Crippen molar-refractivity contribution in [2.45, 2.75) is 17.5 Å². The number of hydrogen-bond acceptors (Lipinski definition) is 3. The molecular formula is C16H16F3NO3S. The fourth-order valence-corrected chi connectivity index (χ4v) is 3.06. The first-order chi connectivity index (χ1) is 11.2. The van der Waals surface area contributed by atoms with Crippen molar-refractivity contribution in [2.24, 2.45) is 0 Å². The Kier molecular flexibility index (Phi) is 5.51. The van der Waals surface area contributed by atoms with Crippen LogP contribution in [-0.2, 0) is 22.6 Å². The van der Waals surface area contributed by atoms with Gasteiger partial charge < -0.3 is 4.74 Å². The average molecular weight is 359 g/mol. The largest absolute Gasteiger partial charge is 0.497 e. The highest BCUT2D eigenvalue weighted by Gasteiger charge is 2.29. The van der Waals surface area contributed by atoms with Crippen LogP contribution >= 0.6 is 0 Å². The Morgan fingerprint density at radius 2 is 1.58 bits per heavy atom. The minimum absolute atomic E-state index is 0.0831. The average Bonchev–Trinajstić information content (AvgIpc) is 2.54. The summed E-state index contributed by atoms with van der Waals surface area (Å²) in [5.41, 5.74) is -0.120. The van der Waals surface area contributed by atoms with Crippen LogP contribution in [0, 0.1) is 0 Å². The van der Waals surface area contributed by atoms with Gasteiger partial charge in [-0.15, -0.1) is 0 Å². The third-order valence-electron chi connectivity index (χ3n) is 3.36. The SMILES string of the molecule is COc1ccc(S(=O)(=O)NCCc2ccc(C(F)(F)F)cc2)cc1. The first-order valence-corrected chi connectivity index (χ1v) is 8.50. The Balaban J connectivity index is 1.95. The van der Waals surface area contributed by atoms with Crippen molar-refractivity contribution < 1.29 is 26.3 Å². The van der Waals surface area contributed by atoms with Crippen LogP contribution in [0.1, 0.15) is 11.1 Å². The maximum atomic E-state index is 12.5. The fourth-order valence-electron chi connectivity index (χ4n) is 2.03. The highest BCUT2D eigenvalue weighted by molar-refractivity contribution is 7.89. The molecule has 0 atom stereocenters. The fraction of sp³-hybridized carbons (Fsp3) is 0.250. The zero-order valence-electron chi connectivity index (χ0n) is 12.8. The molecule has 8 heteroatoms. The molecule has 0 fully saturated rings. The molecule has 4 nitrogen and oxygen atoms in total. The molecule has 0 saturated heterocycles. The van der Waals surface area contributed by atoms with Gasteiger partial charge in [0.25, 0.3) is 0 Å². The summed E-state index contributed by atoms with van der Waals surface area (Å²) in [6.45, 7) is 0.0831.